The molecular weight excluding hydrogens is 184 g/mol. The molecular formula is C9H16N2OS. The minimum atomic E-state index is -0.265. The minimum Gasteiger partial charge on any atom is -0.392 e. The first-order valence-corrected chi connectivity index (χ1v) is 5.40. The summed E-state index contributed by atoms with van der Waals surface area (Å²) in [5, 5.41) is 14.6. The molecule has 1 heterocycles. The van der Waals surface area contributed by atoms with E-state index in [9.17, 15) is 5.11 Å². The van der Waals surface area contributed by atoms with E-state index in [0.29, 0.717) is 12.5 Å². The van der Waals surface area contributed by atoms with Gasteiger partial charge < -0.3 is 10.4 Å². The predicted octanol–water partition coefficient (Wildman–Crippen LogP) is 1.25. The normalized spacial score (nSPS) is 13.5. The van der Waals surface area contributed by atoms with E-state index in [1.807, 2.05) is 24.7 Å². The summed E-state index contributed by atoms with van der Waals surface area (Å²) in [6.07, 6.45) is -0.265. The minimum absolute atomic E-state index is 0.265. The lowest BCUT2D eigenvalue weighted by molar-refractivity contribution is 0.123. The fourth-order valence-electron chi connectivity index (χ4n) is 0.909. The number of nitrogens with zero attached hydrogens (tertiary/aromatic N) is 1. The van der Waals surface area contributed by atoms with Gasteiger partial charge in [0.15, 0.2) is 0 Å². The second kappa shape index (κ2) is 5.32. The predicted molar refractivity (Wildman–Crippen MR) is 54.7 cm³/mol. The van der Waals surface area contributed by atoms with Crippen molar-refractivity contribution in [3.8, 4) is 0 Å². The largest absolute Gasteiger partial charge is 0.392 e. The van der Waals surface area contributed by atoms with Crippen molar-refractivity contribution in [3.63, 3.8) is 0 Å². The summed E-state index contributed by atoms with van der Waals surface area (Å²) >= 11 is 1.59. The molecule has 0 fully saturated rings. The molecule has 0 bridgehead atoms. The Kier molecular flexibility index (Phi) is 4.35. The van der Waals surface area contributed by atoms with Gasteiger partial charge in [-0.3, -0.25) is 0 Å². The Balaban J connectivity index is 2.14. The number of rotatable bonds is 5. The molecule has 1 rings (SSSR count). The van der Waals surface area contributed by atoms with Crippen molar-refractivity contribution in [2.24, 2.45) is 5.92 Å². The highest BCUT2D eigenvalue weighted by molar-refractivity contribution is 7.07. The number of thiazole rings is 1. The highest BCUT2D eigenvalue weighted by Crippen LogP contribution is 2.02. The zero-order chi connectivity index (χ0) is 9.68. The number of aromatic nitrogens is 1. The van der Waals surface area contributed by atoms with E-state index >= 15 is 0 Å². The van der Waals surface area contributed by atoms with Crippen molar-refractivity contribution in [1.82, 2.24) is 10.3 Å². The van der Waals surface area contributed by atoms with E-state index < -0.39 is 0 Å². The van der Waals surface area contributed by atoms with Gasteiger partial charge in [0.05, 0.1) is 17.3 Å². The van der Waals surface area contributed by atoms with E-state index in [0.717, 1.165) is 12.2 Å². The second-order valence-corrected chi connectivity index (χ2v) is 4.14. The number of aliphatic hydroxyl groups is 1. The van der Waals surface area contributed by atoms with Gasteiger partial charge in [-0.25, -0.2) is 4.98 Å². The summed E-state index contributed by atoms with van der Waals surface area (Å²) in [4.78, 5) is 4.13. The molecule has 1 unspecified atom stereocenters. The molecule has 1 atom stereocenters. The topological polar surface area (TPSA) is 45.1 Å². The van der Waals surface area contributed by atoms with E-state index in [4.69, 9.17) is 0 Å². The van der Waals surface area contributed by atoms with Gasteiger partial charge in [-0.1, -0.05) is 13.8 Å². The summed E-state index contributed by atoms with van der Waals surface area (Å²) in [5.41, 5.74) is 2.86. The molecule has 13 heavy (non-hydrogen) atoms. The Morgan fingerprint density at radius 1 is 1.62 bits per heavy atom. The summed E-state index contributed by atoms with van der Waals surface area (Å²) in [5.74, 6) is 0.308. The third-order valence-corrected chi connectivity index (χ3v) is 2.55. The van der Waals surface area contributed by atoms with Gasteiger partial charge in [-0.15, -0.1) is 11.3 Å². The fourth-order valence-corrected chi connectivity index (χ4v) is 1.47. The third-order valence-electron chi connectivity index (χ3n) is 1.91. The Labute approximate surface area is 82.8 Å². The van der Waals surface area contributed by atoms with Crippen LogP contribution in [0.4, 0.5) is 0 Å². The summed E-state index contributed by atoms with van der Waals surface area (Å²) in [6.45, 7) is 5.40. The van der Waals surface area contributed by atoms with Gasteiger partial charge in [0.1, 0.15) is 0 Å². The molecule has 0 radical (unpaired) electrons. The number of hydrogen-bond donors (Lipinski definition) is 2. The first kappa shape index (κ1) is 10.6. The van der Waals surface area contributed by atoms with Crippen LogP contribution in [0.2, 0.25) is 0 Å². The van der Waals surface area contributed by atoms with Gasteiger partial charge in [-0.2, -0.15) is 0 Å². The average molecular weight is 200 g/mol. The van der Waals surface area contributed by atoms with Gasteiger partial charge in [-0.05, 0) is 5.92 Å². The van der Waals surface area contributed by atoms with Crippen LogP contribution >= 0.6 is 11.3 Å². The first-order chi connectivity index (χ1) is 6.20. The Morgan fingerprint density at radius 3 is 2.92 bits per heavy atom. The van der Waals surface area contributed by atoms with Gasteiger partial charge in [0.25, 0.3) is 0 Å². The summed E-state index contributed by atoms with van der Waals surface area (Å²) in [6, 6.07) is 0. The third kappa shape index (κ3) is 3.85. The second-order valence-electron chi connectivity index (χ2n) is 3.42. The molecule has 0 amide bonds. The highest BCUT2D eigenvalue weighted by atomic mass is 32.1. The van der Waals surface area contributed by atoms with E-state index in [-0.39, 0.29) is 6.10 Å². The van der Waals surface area contributed by atoms with Crippen LogP contribution in [0.25, 0.3) is 0 Å². The van der Waals surface area contributed by atoms with Crippen LogP contribution in [0.1, 0.15) is 19.5 Å². The molecule has 0 spiro atoms. The Hall–Kier alpha value is -0.450. The molecule has 1 aromatic rings. The maximum atomic E-state index is 9.47. The molecule has 0 saturated heterocycles. The van der Waals surface area contributed by atoms with Crippen LogP contribution in [0.5, 0.6) is 0 Å². The highest BCUT2D eigenvalue weighted by Gasteiger charge is 2.07. The fraction of sp³-hybridized carbons (Fsp3) is 0.667. The zero-order valence-electron chi connectivity index (χ0n) is 8.03. The molecule has 0 aliphatic carbocycles. The maximum absolute atomic E-state index is 9.47. The quantitative estimate of drug-likeness (QED) is 0.752. The molecule has 0 aromatic carbocycles. The zero-order valence-corrected chi connectivity index (χ0v) is 8.84. The van der Waals surface area contributed by atoms with Crippen molar-refractivity contribution in [2.75, 3.05) is 6.54 Å². The van der Waals surface area contributed by atoms with E-state index in [1.165, 1.54) is 0 Å². The van der Waals surface area contributed by atoms with Crippen LogP contribution in [-0.2, 0) is 6.54 Å². The van der Waals surface area contributed by atoms with Crippen LogP contribution < -0.4 is 5.32 Å². The van der Waals surface area contributed by atoms with Crippen LogP contribution in [0.15, 0.2) is 10.9 Å². The van der Waals surface area contributed by atoms with Gasteiger partial charge >= 0.3 is 0 Å². The lowest BCUT2D eigenvalue weighted by atomic mass is 10.1. The van der Waals surface area contributed by atoms with Crippen LogP contribution in [-0.4, -0.2) is 22.7 Å². The lowest BCUT2D eigenvalue weighted by Crippen LogP contribution is -2.30. The monoisotopic (exact) mass is 200 g/mol. The standard InChI is InChI=1S/C9H16N2OS/c1-7(2)9(12)4-10-3-8-5-13-6-11-8/h5-7,9-10,12H,3-4H2,1-2H3. The number of aliphatic hydroxyl groups excluding tert-OH is 1. The van der Waals surface area contributed by atoms with Crippen LogP contribution in [0, 0.1) is 5.92 Å². The Morgan fingerprint density at radius 2 is 2.38 bits per heavy atom. The average Bonchev–Trinajstić information content (AvgIpc) is 2.56. The molecule has 2 N–H and O–H groups in total. The van der Waals surface area contributed by atoms with Crippen LogP contribution in [0.3, 0.4) is 0 Å². The number of hydrogen-bond acceptors (Lipinski definition) is 4. The molecule has 3 nitrogen and oxygen atoms in total. The smallest absolute Gasteiger partial charge is 0.0795 e. The van der Waals surface area contributed by atoms with Crippen molar-refractivity contribution in [3.05, 3.63) is 16.6 Å². The molecule has 1 aromatic heterocycles. The van der Waals surface area contributed by atoms with Crippen molar-refractivity contribution < 1.29 is 5.11 Å². The first-order valence-electron chi connectivity index (χ1n) is 4.46. The van der Waals surface area contributed by atoms with Gasteiger partial charge in [0.2, 0.25) is 0 Å². The van der Waals surface area contributed by atoms with Gasteiger partial charge in [0, 0.05) is 18.5 Å². The Bertz CT molecular complexity index is 224. The SMILES string of the molecule is CC(C)C(O)CNCc1cscn1. The van der Waals surface area contributed by atoms with Crippen molar-refractivity contribution in [2.45, 2.75) is 26.5 Å². The number of nitrogens with one attached hydrogen (secondary N) is 1. The molecule has 0 saturated carbocycles. The molecule has 4 heteroatoms. The molecule has 0 aliphatic rings. The van der Waals surface area contributed by atoms with Crippen molar-refractivity contribution in [1.29, 1.82) is 0 Å². The van der Waals surface area contributed by atoms with E-state index in [1.54, 1.807) is 11.3 Å². The van der Waals surface area contributed by atoms with Crippen molar-refractivity contribution >= 4 is 11.3 Å². The maximum Gasteiger partial charge on any atom is 0.0795 e. The summed E-state index contributed by atoms with van der Waals surface area (Å²) < 4.78 is 0. The molecule has 74 valence electrons. The summed E-state index contributed by atoms with van der Waals surface area (Å²) in [7, 11) is 0. The lowest BCUT2D eigenvalue weighted by Gasteiger charge is -2.14. The van der Waals surface area contributed by atoms with E-state index in [2.05, 4.69) is 10.3 Å². The molecule has 0 aliphatic heterocycles.